The molecule has 3 nitrogen and oxygen atoms in total. The van der Waals surface area contributed by atoms with Gasteiger partial charge in [-0.15, -0.1) is 0 Å². The summed E-state index contributed by atoms with van der Waals surface area (Å²) in [5.41, 5.74) is 5.66. The average molecular weight is 217 g/mol. The first kappa shape index (κ1) is 14.9. The van der Waals surface area contributed by atoms with E-state index in [9.17, 15) is 0 Å². The van der Waals surface area contributed by atoms with Crippen LogP contribution in [-0.2, 0) is 9.47 Å². The van der Waals surface area contributed by atoms with Gasteiger partial charge in [0.2, 0.25) is 0 Å². The zero-order valence-electron chi connectivity index (χ0n) is 10.8. The van der Waals surface area contributed by atoms with Crippen LogP contribution in [0.5, 0.6) is 0 Å². The molecule has 92 valence electrons. The largest absolute Gasteiger partial charge is 0.376 e. The predicted octanol–water partition coefficient (Wildman–Crippen LogP) is 2.33. The minimum atomic E-state index is 0.149. The highest BCUT2D eigenvalue weighted by Crippen LogP contribution is 2.11. The van der Waals surface area contributed by atoms with Crippen molar-refractivity contribution in [3.8, 4) is 0 Å². The molecule has 0 spiro atoms. The fourth-order valence-electron chi connectivity index (χ4n) is 1.44. The molecule has 0 aromatic heterocycles. The van der Waals surface area contributed by atoms with E-state index in [0.717, 1.165) is 19.4 Å². The summed E-state index contributed by atoms with van der Waals surface area (Å²) >= 11 is 0. The Labute approximate surface area is 94.3 Å². The van der Waals surface area contributed by atoms with Gasteiger partial charge in [-0.25, -0.2) is 0 Å². The van der Waals surface area contributed by atoms with Crippen LogP contribution in [0.4, 0.5) is 0 Å². The molecule has 1 unspecified atom stereocenters. The Hall–Kier alpha value is -0.120. The molecule has 3 heteroatoms. The molecule has 15 heavy (non-hydrogen) atoms. The lowest BCUT2D eigenvalue weighted by molar-refractivity contribution is -0.0878. The average Bonchev–Trinajstić information content (AvgIpc) is 2.13. The fourth-order valence-corrected chi connectivity index (χ4v) is 1.44. The number of hydrogen-bond acceptors (Lipinski definition) is 3. The second-order valence-corrected chi connectivity index (χ2v) is 4.47. The van der Waals surface area contributed by atoms with Gasteiger partial charge in [0.15, 0.2) is 0 Å². The van der Waals surface area contributed by atoms with E-state index in [1.54, 1.807) is 0 Å². The zero-order chi connectivity index (χ0) is 11.8. The van der Waals surface area contributed by atoms with Crippen molar-refractivity contribution in [1.82, 2.24) is 0 Å². The number of ether oxygens (including phenoxy) is 2. The van der Waals surface area contributed by atoms with Crippen molar-refractivity contribution in [3.05, 3.63) is 0 Å². The van der Waals surface area contributed by atoms with Crippen LogP contribution in [0.3, 0.4) is 0 Å². The second kappa shape index (κ2) is 8.08. The summed E-state index contributed by atoms with van der Waals surface area (Å²) in [4.78, 5) is 0. The van der Waals surface area contributed by atoms with Crippen LogP contribution in [-0.4, -0.2) is 31.0 Å². The summed E-state index contributed by atoms with van der Waals surface area (Å²) in [5.74, 6) is 0. The summed E-state index contributed by atoms with van der Waals surface area (Å²) in [6.45, 7) is 11.0. The minimum absolute atomic E-state index is 0.149. The Morgan fingerprint density at radius 2 is 1.73 bits per heavy atom. The number of hydrogen-bond donors (Lipinski definition) is 1. The Balaban J connectivity index is 3.77. The van der Waals surface area contributed by atoms with Crippen LogP contribution >= 0.6 is 0 Å². The summed E-state index contributed by atoms with van der Waals surface area (Å²) in [7, 11) is 0. The van der Waals surface area contributed by atoms with E-state index < -0.39 is 0 Å². The molecule has 0 fully saturated rings. The Morgan fingerprint density at radius 1 is 1.13 bits per heavy atom. The number of rotatable bonds is 8. The molecule has 0 aliphatic carbocycles. The van der Waals surface area contributed by atoms with Gasteiger partial charge in [0.05, 0.1) is 18.3 Å². The third kappa shape index (κ3) is 7.77. The van der Waals surface area contributed by atoms with Crippen molar-refractivity contribution in [3.63, 3.8) is 0 Å². The molecule has 0 bridgehead atoms. The summed E-state index contributed by atoms with van der Waals surface area (Å²) in [6.07, 6.45) is 2.49. The molecule has 0 saturated heterocycles. The van der Waals surface area contributed by atoms with E-state index >= 15 is 0 Å². The first-order valence-electron chi connectivity index (χ1n) is 6.00. The van der Waals surface area contributed by atoms with E-state index in [1.165, 1.54) is 0 Å². The van der Waals surface area contributed by atoms with Gasteiger partial charge in [-0.05, 0) is 40.5 Å². The van der Waals surface area contributed by atoms with Gasteiger partial charge in [0.25, 0.3) is 0 Å². The maximum Gasteiger partial charge on any atom is 0.0834 e. The van der Waals surface area contributed by atoms with Gasteiger partial charge in [-0.2, -0.15) is 0 Å². The Morgan fingerprint density at radius 3 is 2.13 bits per heavy atom. The van der Waals surface area contributed by atoms with Crippen molar-refractivity contribution < 1.29 is 9.47 Å². The second-order valence-electron chi connectivity index (χ2n) is 4.47. The zero-order valence-corrected chi connectivity index (χ0v) is 10.8. The van der Waals surface area contributed by atoms with E-state index in [1.807, 2.05) is 6.92 Å². The highest BCUT2D eigenvalue weighted by atomic mass is 16.5. The first-order valence-corrected chi connectivity index (χ1v) is 6.00. The predicted molar refractivity (Wildman–Crippen MR) is 64.0 cm³/mol. The third-order valence-corrected chi connectivity index (χ3v) is 2.33. The van der Waals surface area contributed by atoms with Crippen molar-refractivity contribution in [2.75, 3.05) is 6.61 Å². The molecular weight excluding hydrogens is 190 g/mol. The molecule has 0 amide bonds. The van der Waals surface area contributed by atoms with Gasteiger partial charge in [-0.3, -0.25) is 0 Å². The molecule has 0 radical (unpaired) electrons. The van der Waals surface area contributed by atoms with Crippen molar-refractivity contribution in [1.29, 1.82) is 0 Å². The maximum atomic E-state index is 5.76. The van der Waals surface area contributed by atoms with E-state index in [4.69, 9.17) is 15.2 Å². The minimum Gasteiger partial charge on any atom is -0.376 e. The fraction of sp³-hybridized carbons (Fsp3) is 1.00. The van der Waals surface area contributed by atoms with Gasteiger partial charge >= 0.3 is 0 Å². The molecular formula is C12H27NO2. The normalized spacial score (nSPS) is 17.8. The molecule has 0 heterocycles. The Bertz CT molecular complexity index is 149. The highest BCUT2D eigenvalue weighted by Gasteiger charge is 2.17. The lowest BCUT2D eigenvalue weighted by Crippen LogP contribution is -2.32. The van der Waals surface area contributed by atoms with Crippen LogP contribution in [0.2, 0.25) is 0 Å². The van der Waals surface area contributed by atoms with Crippen LogP contribution < -0.4 is 5.73 Å². The molecule has 0 rings (SSSR count). The molecule has 0 saturated carbocycles. The summed E-state index contributed by atoms with van der Waals surface area (Å²) in [5, 5.41) is 0. The van der Waals surface area contributed by atoms with E-state index in [2.05, 4.69) is 27.7 Å². The molecule has 3 atom stereocenters. The van der Waals surface area contributed by atoms with Gasteiger partial charge in [0.1, 0.15) is 0 Å². The van der Waals surface area contributed by atoms with E-state index in [-0.39, 0.29) is 24.4 Å². The quantitative estimate of drug-likeness (QED) is 0.678. The van der Waals surface area contributed by atoms with E-state index in [0.29, 0.717) is 0 Å². The SMILES string of the molecule is CCC(OC(C)C)[C@@H](C)OCC[C@@H](C)N. The maximum absolute atomic E-state index is 5.76. The smallest absolute Gasteiger partial charge is 0.0834 e. The summed E-state index contributed by atoms with van der Waals surface area (Å²) < 4.78 is 11.5. The van der Waals surface area contributed by atoms with Crippen LogP contribution in [0, 0.1) is 0 Å². The molecule has 0 aromatic rings. The molecule has 0 aromatic carbocycles. The van der Waals surface area contributed by atoms with Crippen molar-refractivity contribution >= 4 is 0 Å². The van der Waals surface area contributed by atoms with Crippen molar-refractivity contribution in [2.24, 2.45) is 5.73 Å². The van der Waals surface area contributed by atoms with Gasteiger partial charge < -0.3 is 15.2 Å². The first-order chi connectivity index (χ1) is 6.97. The lowest BCUT2D eigenvalue weighted by Gasteiger charge is -2.25. The molecule has 0 aliphatic heterocycles. The van der Waals surface area contributed by atoms with Gasteiger partial charge in [0, 0.05) is 12.6 Å². The standard InChI is InChI=1S/C12H27NO2/c1-6-12(15-9(2)3)11(5)14-8-7-10(4)13/h9-12H,6-8,13H2,1-5H3/t10-,11-,12?/m1/s1. The summed E-state index contributed by atoms with van der Waals surface area (Å²) in [6, 6.07) is 0.211. The monoisotopic (exact) mass is 217 g/mol. The van der Waals surface area contributed by atoms with Crippen LogP contribution in [0.1, 0.15) is 47.5 Å². The third-order valence-electron chi connectivity index (χ3n) is 2.33. The van der Waals surface area contributed by atoms with Crippen molar-refractivity contribution in [2.45, 2.75) is 71.8 Å². The highest BCUT2D eigenvalue weighted by molar-refractivity contribution is 4.66. The van der Waals surface area contributed by atoms with Crippen LogP contribution in [0.15, 0.2) is 0 Å². The molecule has 0 aliphatic rings. The Kier molecular flexibility index (Phi) is 8.02. The topological polar surface area (TPSA) is 44.5 Å². The number of nitrogens with two attached hydrogens (primary N) is 1. The van der Waals surface area contributed by atoms with Gasteiger partial charge in [-0.1, -0.05) is 6.92 Å². The van der Waals surface area contributed by atoms with Crippen LogP contribution in [0.25, 0.3) is 0 Å². The lowest BCUT2D eigenvalue weighted by atomic mass is 10.1. The molecule has 2 N–H and O–H groups in total.